The van der Waals surface area contributed by atoms with Crippen molar-refractivity contribution in [2.75, 3.05) is 13.1 Å². The van der Waals surface area contributed by atoms with E-state index in [-0.39, 0.29) is 5.91 Å². The zero-order chi connectivity index (χ0) is 13.7. The molecule has 0 fully saturated rings. The number of amides is 1. The second kappa shape index (κ2) is 6.10. The molecular weight excluding hydrogens is 242 g/mol. The van der Waals surface area contributed by atoms with Gasteiger partial charge in [-0.15, -0.1) is 0 Å². The van der Waals surface area contributed by atoms with E-state index < -0.39 is 0 Å². The van der Waals surface area contributed by atoms with E-state index in [4.69, 9.17) is 5.73 Å². The highest BCUT2D eigenvalue weighted by molar-refractivity contribution is 5.95. The highest BCUT2D eigenvalue weighted by Gasteiger charge is 2.09. The fourth-order valence-corrected chi connectivity index (χ4v) is 1.79. The van der Waals surface area contributed by atoms with E-state index in [0.29, 0.717) is 18.7 Å². The maximum Gasteiger partial charge on any atom is 0.251 e. The van der Waals surface area contributed by atoms with Gasteiger partial charge in [0.25, 0.3) is 5.91 Å². The molecule has 0 atom stereocenters. The molecule has 2 rings (SSSR count). The van der Waals surface area contributed by atoms with Crippen LogP contribution in [0.2, 0.25) is 0 Å². The summed E-state index contributed by atoms with van der Waals surface area (Å²) in [5.74, 6) is -0.0731. The summed E-state index contributed by atoms with van der Waals surface area (Å²) in [6, 6.07) is 5.55. The van der Waals surface area contributed by atoms with Crippen molar-refractivity contribution in [2.45, 2.75) is 13.3 Å². The Hall–Kier alpha value is -2.21. The van der Waals surface area contributed by atoms with Gasteiger partial charge in [0, 0.05) is 12.1 Å². The number of nitrogens with zero attached hydrogens (tertiary/aromatic N) is 3. The number of aryl methyl sites for hydroxylation is 1. The van der Waals surface area contributed by atoms with E-state index in [1.165, 1.54) is 6.33 Å². The smallest absolute Gasteiger partial charge is 0.251 e. The minimum Gasteiger partial charge on any atom is -0.352 e. The molecule has 0 saturated carbocycles. The van der Waals surface area contributed by atoms with E-state index in [9.17, 15) is 4.79 Å². The molecule has 0 unspecified atom stereocenters. The molecule has 3 N–H and O–H groups in total. The number of benzene rings is 1. The van der Waals surface area contributed by atoms with Gasteiger partial charge in [0.15, 0.2) is 0 Å². The van der Waals surface area contributed by atoms with E-state index >= 15 is 0 Å². The van der Waals surface area contributed by atoms with Gasteiger partial charge in [-0.25, -0.2) is 9.67 Å². The number of aromatic nitrogens is 3. The summed E-state index contributed by atoms with van der Waals surface area (Å²) >= 11 is 0. The van der Waals surface area contributed by atoms with E-state index in [1.807, 2.05) is 19.1 Å². The third-order valence-corrected chi connectivity index (χ3v) is 2.80. The van der Waals surface area contributed by atoms with Crippen LogP contribution in [0.5, 0.6) is 0 Å². The van der Waals surface area contributed by atoms with Gasteiger partial charge >= 0.3 is 0 Å². The average molecular weight is 259 g/mol. The van der Waals surface area contributed by atoms with Gasteiger partial charge in [0.1, 0.15) is 12.7 Å². The molecule has 100 valence electrons. The summed E-state index contributed by atoms with van der Waals surface area (Å²) in [7, 11) is 0. The normalized spacial score (nSPS) is 10.4. The molecule has 0 bridgehead atoms. The summed E-state index contributed by atoms with van der Waals surface area (Å²) in [4.78, 5) is 15.8. The molecule has 1 amide bonds. The molecule has 19 heavy (non-hydrogen) atoms. The molecule has 1 aromatic heterocycles. The van der Waals surface area contributed by atoms with E-state index in [1.54, 1.807) is 17.1 Å². The summed E-state index contributed by atoms with van der Waals surface area (Å²) < 4.78 is 1.66. The fraction of sp³-hybridized carbons (Fsp3) is 0.308. The number of nitrogens with two attached hydrogens (primary N) is 1. The van der Waals surface area contributed by atoms with Crippen LogP contribution in [-0.4, -0.2) is 33.8 Å². The Morgan fingerprint density at radius 1 is 1.47 bits per heavy atom. The Balaban J connectivity index is 2.13. The van der Waals surface area contributed by atoms with Gasteiger partial charge in [-0.2, -0.15) is 5.10 Å². The Morgan fingerprint density at radius 3 is 2.95 bits per heavy atom. The van der Waals surface area contributed by atoms with Crippen LogP contribution in [0.15, 0.2) is 30.9 Å². The second-order valence-electron chi connectivity index (χ2n) is 4.24. The predicted molar refractivity (Wildman–Crippen MR) is 72.1 cm³/mol. The first-order valence-electron chi connectivity index (χ1n) is 6.16. The number of rotatable bonds is 5. The summed E-state index contributed by atoms with van der Waals surface area (Å²) in [6.45, 7) is 3.07. The Kier molecular flexibility index (Phi) is 4.25. The number of carbonyl (C=O) groups is 1. The largest absolute Gasteiger partial charge is 0.352 e. The maximum absolute atomic E-state index is 12.0. The molecule has 0 aliphatic carbocycles. The van der Waals surface area contributed by atoms with E-state index in [2.05, 4.69) is 15.4 Å². The number of hydrogen-bond donors (Lipinski definition) is 2. The van der Waals surface area contributed by atoms with Crippen LogP contribution in [0.25, 0.3) is 5.69 Å². The van der Waals surface area contributed by atoms with Gasteiger partial charge < -0.3 is 11.1 Å². The van der Waals surface area contributed by atoms with E-state index in [0.717, 1.165) is 17.7 Å². The zero-order valence-corrected chi connectivity index (χ0v) is 10.8. The summed E-state index contributed by atoms with van der Waals surface area (Å²) in [5.41, 5.74) is 7.84. The van der Waals surface area contributed by atoms with Crippen LogP contribution >= 0.6 is 0 Å². The standard InChI is InChI=1S/C13H17N5O/c1-10-7-11(18-9-15-8-17-18)3-4-12(10)13(19)16-6-2-5-14/h3-4,7-9H,2,5-6,14H2,1H3,(H,16,19). The molecule has 0 aliphatic rings. The maximum atomic E-state index is 12.0. The monoisotopic (exact) mass is 259 g/mol. The Bertz CT molecular complexity index is 550. The lowest BCUT2D eigenvalue weighted by Crippen LogP contribution is -2.26. The molecule has 0 aliphatic heterocycles. The van der Waals surface area contributed by atoms with Crippen molar-refractivity contribution < 1.29 is 4.79 Å². The van der Waals surface area contributed by atoms with Crippen LogP contribution in [0.3, 0.4) is 0 Å². The van der Waals surface area contributed by atoms with Gasteiger partial charge in [-0.1, -0.05) is 0 Å². The predicted octanol–water partition coefficient (Wildman–Crippen LogP) is 0.654. The first kappa shape index (κ1) is 13.2. The molecular formula is C13H17N5O. The van der Waals surface area contributed by atoms with Crippen molar-refractivity contribution in [1.82, 2.24) is 20.1 Å². The zero-order valence-electron chi connectivity index (χ0n) is 10.8. The Labute approximate surface area is 111 Å². The first-order valence-corrected chi connectivity index (χ1v) is 6.16. The quantitative estimate of drug-likeness (QED) is 0.772. The topological polar surface area (TPSA) is 85.8 Å². The van der Waals surface area contributed by atoms with Crippen LogP contribution in [-0.2, 0) is 0 Å². The van der Waals surface area contributed by atoms with Crippen molar-refractivity contribution in [3.05, 3.63) is 42.0 Å². The third kappa shape index (κ3) is 3.17. The average Bonchev–Trinajstić information content (AvgIpc) is 2.92. The first-order chi connectivity index (χ1) is 9.22. The molecule has 2 aromatic rings. The van der Waals surface area contributed by atoms with Gasteiger partial charge in [-0.3, -0.25) is 4.79 Å². The lowest BCUT2D eigenvalue weighted by molar-refractivity contribution is 0.0953. The van der Waals surface area contributed by atoms with Crippen molar-refractivity contribution in [1.29, 1.82) is 0 Å². The minimum atomic E-state index is -0.0731. The molecule has 6 nitrogen and oxygen atoms in total. The number of hydrogen-bond acceptors (Lipinski definition) is 4. The molecule has 1 aromatic carbocycles. The van der Waals surface area contributed by atoms with Gasteiger partial charge in [-0.05, 0) is 43.7 Å². The minimum absolute atomic E-state index is 0.0731. The van der Waals surface area contributed by atoms with Crippen molar-refractivity contribution in [3.8, 4) is 5.69 Å². The molecule has 0 radical (unpaired) electrons. The van der Waals surface area contributed by atoms with Crippen molar-refractivity contribution in [3.63, 3.8) is 0 Å². The number of carbonyl (C=O) groups excluding carboxylic acids is 1. The lowest BCUT2D eigenvalue weighted by atomic mass is 10.1. The SMILES string of the molecule is Cc1cc(-n2cncn2)ccc1C(=O)NCCCN. The fourth-order valence-electron chi connectivity index (χ4n) is 1.79. The molecule has 1 heterocycles. The van der Waals surface area contributed by atoms with Crippen molar-refractivity contribution >= 4 is 5.91 Å². The lowest BCUT2D eigenvalue weighted by Gasteiger charge is -2.09. The molecule has 6 heteroatoms. The summed E-state index contributed by atoms with van der Waals surface area (Å²) in [6.07, 6.45) is 3.88. The molecule has 0 saturated heterocycles. The van der Waals surface area contributed by atoms with Crippen LogP contribution in [0.4, 0.5) is 0 Å². The summed E-state index contributed by atoms with van der Waals surface area (Å²) in [5, 5.41) is 6.90. The Morgan fingerprint density at radius 2 is 2.32 bits per heavy atom. The second-order valence-corrected chi connectivity index (χ2v) is 4.24. The molecule has 0 spiro atoms. The van der Waals surface area contributed by atoms with Crippen LogP contribution < -0.4 is 11.1 Å². The van der Waals surface area contributed by atoms with Gasteiger partial charge in [0.05, 0.1) is 5.69 Å². The van der Waals surface area contributed by atoms with Gasteiger partial charge in [0.2, 0.25) is 0 Å². The highest BCUT2D eigenvalue weighted by Crippen LogP contribution is 2.13. The van der Waals surface area contributed by atoms with Crippen LogP contribution in [0.1, 0.15) is 22.3 Å². The number of nitrogens with one attached hydrogen (secondary N) is 1. The highest BCUT2D eigenvalue weighted by atomic mass is 16.1. The third-order valence-electron chi connectivity index (χ3n) is 2.80. The van der Waals surface area contributed by atoms with Crippen molar-refractivity contribution in [2.24, 2.45) is 5.73 Å². The van der Waals surface area contributed by atoms with Crippen LogP contribution in [0, 0.1) is 6.92 Å².